The van der Waals surface area contributed by atoms with Gasteiger partial charge >= 0.3 is 0 Å². The Balaban J connectivity index is 1.49. The summed E-state index contributed by atoms with van der Waals surface area (Å²) in [6.45, 7) is 2.76. The lowest BCUT2D eigenvalue weighted by Gasteiger charge is -2.28. The van der Waals surface area contributed by atoms with Gasteiger partial charge in [0.15, 0.2) is 0 Å². The lowest BCUT2D eigenvalue weighted by molar-refractivity contribution is -0.121. The van der Waals surface area contributed by atoms with Gasteiger partial charge in [-0.1, -0.05) is 60.7 Å². The number of nitrogens with one attached hydrogen (secondary N) is 1. The third kappa shape index (κ3) is 4.71. The van der Waals surface area contributed by atoms with E-state index in [9.17, 15) is 4.79 Å². The number of amides is 1. The fraction of sp³-hybridized carbons (Fsp3) is 0.269. The summed E-state index contributed by atoms with van der Waals surface area (Å²) in [7, 11) is 1.67. The number of nitrogens with zero attached hydrogens (tertiary/aromatic N) is 1. The molecule has 0 aromatic heterocycles. The number of hydrogen-bond acceptors (Lipinski definition) is 3. The second kappa shape index (κ2) is 9.14. The Morgan fingerprint density at radius 3 is 2.33 bits per heavy atom. The average Bonchev–Trinajstić information content (AvgIpc) is 3.63. The number of anilines is 1. The number of ether oxygens (including phenoxy) is 1. The summed E-state index contributed by atoms with van der Waals surface area (Å²) in [5.74, 6) is 0.874. The van der Waals surface area contributed by atoms with E-state index in [-0.39, 0.29) is 11.9 Å². The van der Waals surface area contributed by atoms with Crippen LogP contribution in [-0.4, -0.2) is 30.0 Å². The van der Waals surface area contributed by atoms with Crippen LogP contribution in [0, 0.1) is 0 Å². The highest BCUT2D eigenvalue weighted by Crippen LogP contribution is 2.32. The molecule has 0 bridgehead atoms. The Bertz CT molecular complexity index is 981. The van der Waals surface area contributed by atoms with Crippen molar-refractivity contribution in [2.24, 2.45) is 0 Å². The van der Waals surface area contributed by atoms with Gasteiger partial charge in [0.05, 0.1) is 13.2 Å². The molecular weight excluding hydrogens is 372 g/mol. The van der Waals surface area contributed by atoms with Crippen LogP contribution in [0.5, 0.6) is 5.75 Å². The topological polar surface area (TPSA) is 41.6 Å². The largest absolute Gasteiger partial charge is 0.497 e. The molecule has 1 aliphatic carbocycles. The van der Waals surface area contributed by atoms with Crippen LogP contribution in [0.15, 0.2) is 78.9 Å². The van der Waals surface area contributed by atoms with Crippen LogP contribution in [0.3, 0.4) is 0 Å². The van der Waals surface area contributed by atoms with Gasteiger partial charge in [0.2, 0.25) is 5.91 Å². The lowest BCUT2D eigenvalue weighted by Crippen LogP contribution is -2.43. The minimum atomic E-state index is -0.219. The monoisotopic (exact) mass is 400 g/mol. The molecule has 0 saturated heterocycles. The molecule has 1 fully saturated rings. The van der Waals surface area contributed by atoms with Gasteiger partial charge in [0.1, 0.15) is 5.75 Å². The minimum Gasteiger partial charge on any atom is -0.497 e. The molecule has 154 valence electrons. The molecule has 0 unspecified atom stereocenters. The van der Waals surface area contributed by atoms with Crippen LogP contribution < -0.4 is 10.1 Å². The first kappa shape index (κ1) is 20.2. The summed E-state index contributed by atoms with van der Waals surface area (Å²) >= 11 is 0. The first-order valence-corrected chi connectivity index (χ1v) is 10.5. The van der Waals surface area contributed by atoms with E-state index in [0.29, 0.717) is 6.04 Å². The van der Waals surface area contributed by atoms with E-state index in [2.05, 4.69) is 34.5 Å². The zero-order valence-electron chi connectivity index (χ0n) is 17.5. The lowest BCUT2D eigenvalue weighted by atomic mass is 10.0. The van der Waals surface area contributed by atoms with E-state index in [1.165, 1.54) is 5.56 Å². The molecule has 0 radical (unpaired) electrons. The van der Waals surface area contributed by atoms with Gasteiger partial charge < -0.3 is 10.1 Å². The first-order chi connectivity index (χ1) is 14.7. The number of carbonyl (C=O) groups excluding carboxylic acids is 1. The van der Waals surface area contributed by atoms with Crippen molar-refractivity contribution in [3.63, 3.8) is 0 Å². The molecule has 4 rings (SSSR count). The molecule has 1 aliphatic rings. The van der Waals surface area contributed by atoms with Gasteiger partial charge in [0, 0.05) is 23.8 Å². The van der Waals surface area contributed by atoms with Crippen molar-refractivity contribution in [1.82, 2.24) is 4.90 Å². The van der Waals surface area contributed by atoms with E-state index >= 15 is 0 Å². The van der Waals surface area contributed by atoms with Gasteiger partial charge in [-0.05, 0) is 49.1 Å². The SMILES string of the molecule is COc1ccc(CN(C2CC2)[C@@H](C)C(=O)Nc2ccccc2-c2ccccc2)cc1. The second-order valence-electron chi connectivity index (χ2n) is 7.83. The Hall–Kier alpha value is -3.11. The highest BCUT2D eigenvalue weighted by Gasteiger charge is 2.35. The van der Waals surface area contributed by atoms with Crippen LogP contribution in [0.1, 0.15) is 25.3 Å². The Morgan fingerprint density at radius 1 is 1.00 bits per heavy atom. The predicted molar refractivity (Wildman–Crippen MR) is 122 cm³/mol. The summed E-state index contributed by atoms with van der Waals surface area (Å²) in [4.78, 5) is 15.5. The van der Waals surface area contributed by atoms with Gasteiger partial charge in [-0.25, -0.2) is 0 Å². The zero-order chi connectivity index (χ0) is 20.9. The molecule has 1 saturated carbocycles. The number of para-hydroxylation sites is 1. The Kier molecular flexibility index (Phi) is 6.15. The molecule has 1 amide bonds. The van der Waals surface area contributed by atoms with Gasteiger partial charge in [-0.3, -0.25) is 9.69 Å². The maximum Gasteiger partial charge on any atom is 0.241 e. The van der Waals surface area contributed by atoms with E-state index in [0.717, 1.165) is 42.0 Å². The fourth-order valence-electron chi connectivity index (χ4n) is 3.78. The highest BCUT2D eigenvalue weighted by atomic mass is 16.5. The summed E-state index contributed by atoms with van der Waals surface area (Å²) in [6.07, 6.45) is 2.29. The zero-order valence-corrected chi connectivity index (χ0v) is 17.5. The van der Waals surface area contributed by atoms with Crippen LogP contribution in [0.2, 0.25) is 0 Å². The van der Waals surface area contributed by atoms with Crippen molar-refractivity contribution in [1.29, 1.82) is 0 Å². The number of carbonyl (C=O) groups is 1. The van der Waals surface area contributed by atoms with E-state index in [1.807, 2.05) is 61.5 Å². The fourth-order valence-corrected chi connectivity index (χ4v) is 3.78. The summed E-state index contributed by atoms with van der Waals surface area (Å²) in [5.41, 5.74) is 4.16. The molecule has 30 heavy (non-hydrogen) atoms. The minimum absolute atomic E-state index is 0.0267. The van der Waals surface area contributed by atoms with Crippen LogP contribution >= 0.6 is 0 Å². The summed E-state index contributed by atoms with van der Waals surface area (Å²) in [6, 6.07) is 26.5. The Labute approximate surface area is 178 Å². The average molecular weight is 401 g/mol. The second-order valence-corrected chi connectivity index (χ2v) is 7.83. The molecule has 0 aliphatic heterocycles. The van der Waals surface area contributed by atoms with Gasteiger partial charge in [-0.2, -0.15) is 0 Å². The van der Waals surface area contributed by atoms with E-state index in [4.69, 9.17) is 4.74 Å². The first-order valence-electron chi connectivity index (χ1n) is 10.5. The predicted octanol–water partition coefficient (Wildman–Crippen LogP) is 5.35. The smallest absolute Gasteiger partial charge is 0.241 e. The molecule has 0 heterocycles. The quantitative estimate of drug-likeness (QED) is 0.554. The number of methoxy groups -OCH3 is 1. The van der Waals surface area contributed by atoms with Gasteiger partial charge in [-0.15, -0.1) is 0 Å². The van der Waals surface area contributed by atoms with Crippen molar-refractivity contribution in [2.45, 2.75) is 38.4 Å². The maximum absolute atomic E-state index is 13.2. The molecule has 4 heteroatoms. The van der Waals surface area contributed by atoms with Crippen molar-refractivity contribution in [3.8, 4) is 16.9 Å². The Morgan fingerprint density at radius 2 is 1.67 bits per heavy atom. The number of hydrogen-bond donors (Lipinski definition) is 1. The highest BCUT2D eigenvalue weighted by molar-refractivity contribution is 5.98. The molecule has 3 aromatic carbocycles. The van der Waals surface area contributed by atoms with Crippen LogP contribution in [-0.2, 0) is 11.3 Å². The molecule has 3 aromatic rings. The summed E-state index contributed by atoms with van der Waals surface area (Å²) < 4.78 is 5.26. The summed E-state index contributed by atoms with van der Waals surface area (Å²) in [5, 5.41) is 3.18. The van der Waals surface area contributed by atoms with Crippen molar-refractivity contribution in [3.05, 3.63) is 84.4 Å². The van der Waals surface area contributed by atoms with E-state index < -0.39 is 0 Å². The van der Waals surface area contributed by atoms with Gasteiger partial charge in [0.25, 0.3) is 0 Å². The number of benzene rings is 3. The van der Waals surface area contributed by atoms with Crippen molar-refractivity contribution < 1.29 is 9.53 Å². The molecule has 1 atom stereocenters. The number of rotatable bonds is 8. The van der Waals surface area contributed by atoms with Crippen molar-refractivity contribution >= 4 is 11.6 Å². The van der Waals surface area contributed by atoms with Crippen molar-refractivity contribution in [2.75, 3.05) is 12.4 Å². The standard InChI is InChI=1S/C26H28N2O2/c1-19(28(22-14-15-22)18-20-12-16-23(30-2)17-13-20)26(29)27-25-11-7-6-10-24(25)21-8-4-3-5-9-21/h3-13,16-17,19,22H,14-15,18H2,1-2H3,(H,27,29)/t19-/m0/s1. The third-order valence-corrected chi connectivity index (χ3v) is 5.69. The van der Waals surface area contributed by atoms with Crippen LogP contribution in [0.25, 0.3) is 11.1 Å². The normalized spacial score (nSPS) is 14.4. The third-order valence-electron chi connectivity index (χ3n) is 5.69. The molecule has 1 N–H and O–H groups in total. The maximum atomic E-state index is 13.2. The van der Waals surface area contributed by atoms with Crippen LogP contribution in [0.4, 0.5) is 5.69 Å². The van der Waals surface area contributed by atoms with E-state index in [1.54, 1.807) is 7.11 Å². The molecular formula is C26H28N2O2. The molecule has 0 spiro atoms. The molecule has 4 nitrogen and oxygen atoms in total.